The van der Waals surface area contributed by atoms with Gasteiger partial charge < -0.3 is 4.74 Å². The third kappa shape index (κ3) is 4.25. The van der Waals surface area contributed by atoms with Crippen molar-refractivity contribution < 1.29 is 18.7 Å². The molecule has 0 spiro atoms. The number of amides is 1. The summed E-state index contributed by atoms with van der Waals surface area (Å²) in [7, 11) is 0. The van der Waals surface area contributed by atoms with Crippen molar-refractivity contribution in [2.75, 3.05) is 18.1 Å². The molecule has 33 heavy (non-hydrogen) atoms. The molecule has 1 aromatic heterocycles. The SMILES string of the molecule is O=C(CN1C(=O)COc2ccc(-c3csc(-c4ccccc4Cl)n3)cc21)c1ccc(F)cc1. The van der Waals surface area contributed by atoms with E-state index >= 15 is 0 Å². The standard InChI is InChI=1S/C25H16ClFN2O3S/c26-19-4-2-1-3-18(19)25-28-20(14-33-25)16-7-10-23-21(11-16)29(24(31)13-32-23)12-22(30)15-5-8-17(27)9-6-15/h1-11,14H,12-13H2. The Labute approximate surface area is 198 Å². The number of nitrogens with zero attached hydrogens (tertiary/aromatic N) is 2. The molecule has 164 valence electrons. The number of carbonyl (C=O) groups is 2. The Morgan fingerprint density at radius 1 is 1.12 bits per heavy atom. The molecule has 8 heteroatoms. The summed E-state index contributed by atoms with van der Waals surface area (Å²) >= 11 is 7.77. The van der Waals surface area contributed by atoms with E-state index in [1.807, 2.05) is 35.7 Å². The molecular weight excluding hydrogens is 463 g/mol. The van der Waals surface area contributed by atoms with E-state index in [0.717, 1.165) is 21.8 Å². The molecule has 1 aliphatic rings. The summed E-state index contributed by atoms with van der Waals surface area (Å²) in [5.74, 6) is -0.545. The second-order valence-corrected chi connectivity index (χ2v) is 8.66. The zero-order chi connectivity index (χ0) is 22.9. The molecule has 0 N–H and O–H groups in total. The van der Waals surface area contributed by atoms with Gasteiger partial charge in [-0.1, -0.05) is 29.8 Å². The number of thiazole rings is 1. The van der Waals surface area contributed by atoms with Crippen molar-refractivity contribution >= 4 is 40.3 Å². The van der Waals surface area contributed by atoms with Gasteiger partial charge in [-0.3, -0.25) is 14.5 Å². The van der Waals surface area contributed by atoms with E-state index in [4.69, 9.17) is 21.3 Å². The largest absolute Gasteiger partial charge is 0.482 e. The number of fused-ring (bicyclic) bond motifs is 1. The highest BCUT2D eigenvalue weighted by atomic mass is 35.5. The average Bonchev–Trinajstić information content (AvgIpc) is 3.31. The lowest BCUT2D eigenvalue weighted by molar-refractivity contribution is -0.121. The summed E-state index contributed by atoms with van der Waals surface area (Å²) in [6.07, 6.45) is 0. The Hall–Kier alpha value is -3.55. The molecule has 5 rings (SSSR count). The first-order chi connectivity index (χ1) is 16.0. The lowest BCUT2D eigenvalue weighted by Crippen LogP contribution is -2.42. The molecule has 2 heterocycles. The molecule has 0 saturated carbocycles. The predicted molar refractivity (Wildman–Crippen MR) is 127 cm³/mol. The van der Waals surface area contributed by atoms with Crippen LogP contribution in [-0.4, -0.2) is 29.8 Å². The van der Waals surface area contributed by atoms with Crippen LogP contribution in [0.2, 0.25) is 5.02 Å². The van der Waals surface area contributed by atoms with Gasteiger partial charge in [0, 0.05) is 22.1 Å². The minimum Gasteiger partial charge on any atom is -0.482 e. The normalized spacial score (nSPS) is 12.9. The Kier molecular flexibility index (Phi) is 5.66. The van der Waals surface area contributed by atoms with E-state index in [0.29, 0.717) is 22.0 Å². The van der Waals surface area contributed by atoms with Gasteiger partial charge in [-0.2, -0.15) is 0 Å². The van der Waals surface area contributed by atoms with Gasteiger partial charge in [0.2, 0.25) is 0 Å². The first-order valence-corrected chi connectivity index (χ1v) is 11.3. The minimum atomic E-state index is -0.427. The summed E-state index contributed by atoms with van der Waals surface area (Å²) < 4.78 is 18.8. The quantitative estimate of drug-likeness (QED) is 0.336. The second kappa shape index (κ2) is 8.77. The van der Waals surface area contributed by atoms with Gasteiger partial charge in [-0.15, -0.1) is 11.3 Å². The van der Waals surface area contributed by atoms with E-state index in [9.17, 15) is 14.0 Å². The Morgan fingerprint density at radius 3 is 2.70 bits per heavy atom. The highest BCUT2D eigenvalue weighted by Crippen LogP contribution is 2.38. The van der Waals surface area contributed by atoms with Crippen LogP contribution in [0, 0.1) is 5.82 Å². The Bertz CT molecular complexity index is 1370. The van der Waals surface area contributed by atoms with Crippen LogP contribution >= 0.6 is 22.9 Å². The van der Waals surface area contributed by atoms with Crippen molar-refractivity contribution in [3.05, 3.63) is 88.5 Å². The second-order valence-electron chi connectivity index (χ2n) is 7.40. The summed E-state index contributed by atoms with van der Waals surface area (Å²) in [6.45, 7) is -0.331. The molecule has 1 amide bonds. The van der Waals surface area contributed by atoms with Crippen molar-refractivity contribution in [1.29, 1.82) is 0 Å². The number of carbonyl (C=O) groups excluding carboxylic acids is 2. The fraction of sp³-hybridized carbons (Fsp3) is 0.0800. The molecular formula is C25H16ClFN2O3S. The van der Waals surface area contributed by atoms with Gasteiger partial charge in [-0.05, 0) is 48.5 Å². The average molecular weight is 479 g/mol. The summed E-state index contributed by atoms with van der Waals surface area (Å²) in [6, 6.07) is 18.2. The topological polar surface area (TPSA) is 59.5 Å². The molecule has 0 fully saturated rings. The maximum absolute atomic E-state index is 13.2. The highest BCUT2D eigenvalue weighted by Gasteiger charge is 2.28. The number of hydrogen-bond donors (Lipinski definition) is 0. The van der Waals surface area contributed by atoms with Crippen LogP contribution in [0.25, 0.3) is 21.8 Å². The monoisotopic (exact) mass is 478 g/mol. The van der Waals surface area contributed by atoms with Gasteiger partial charge >= 0.3 is 0 Å². The van der Waals surface area contributed by atoms with Crippen LogP contribution in [0.1, 0.15) is 10.4 Å². The fourth-order valence-corrected chi connectivity index (χ4v) is 4.72. The number of anilines is 1. The molecule has 0 radical (unpaired) electrons. The molecule has 0 saturated heterocycles. The number of ether oxygens (including phenoxy) is 1. The maximum atomic E-state index is 13.2. The van der Waals surface area contributed by atoms with Gasteiger partial charge in [-0.25, -0.2) is 9.37 Å². The van der Waals surface area contributed by atoms with Gasteiger partial charge in [0.25, 0.3) is 5.91 Å². The van der Waals surface area contributed by atoms with E-state index in [-0.39, 0.29) is 24.8 Å². The van der Waals surface area contributed by atoms with Crippen LogP contribution in [0.4, 0.5) is 10.1 Å². The Balaban J connectivity index is 1.46. The lowest BCUT2D eigenvalue weighted by Gasteiger charge is -2.29. The van der Waals surface area contributed by atoms with Gasteiger partial charge in [0.05, 0.1) is 22.9 Å². The van der Waals surface area contributed by atoms with Crippen LogP contribution in [0.3, 0.4) is 0 Å². The fourth-order valence-electron chi connectivity index (χ4n) is 3.57. The van der Waals surface area contributed by atoms with Crippen LogP contribution in [0.5, 0.6) is 5.75 Å². The minimum absolute atomic E-state index is 0.156. The lowest BCUT2D eigenvalue weighted by atomic mass is 10.1. The van der Waals surface area contributed by atoms with Crippen molar-refractivity contribution in [2.24, 2.45) is 0 Å². The van der Waals surface area contributed by atoms with Crippen LogP contribution < -0.4 is 9.64 Å². The number of rotatable bonds is 5. The summed E-state index contributed by atoms with van der Waals surface area (Å²) in [5, 5.41) is 3.32. The Morgan fingerprint density at radius 2 is 1.91 bits per heavy atom. The summed E-state index contributed by atoms with van der Waals surface area (Å²) in [4.78, 5) is 31.5. The smallest absolute Gasteiger partial charge is 0.265 e. The van der Waals surface area contributed by atoms with E-state index in [1.165, 1.54) is 40.5 Å². The molecule has 0 bridgehead atoms. The highest BCUT2D eigenvalue weighted by molar-refractivity contribution is 7.13. The number of ketones is 1. The van der Waals surface area contributed by atoms with Crippen molar-refractivity contribution in [3.8, 4) is 27.6 Å². The van der Waals surface area contributed by atoms with Crippen LogP contribution in [-0.2, 0) is 4.79 Å². The summed E-state index contributed by atoms with van der Waals surface area (Å²) in [5.41, 5.74) is 3.17. The molecule has 3 aromatic carbocycles. The van der Waals surface area contributed by atoms with E-state index < -0.39 is 5.82 Å². The molecule has 5 nitrogen and oxygen atoms in total. The van der Waals surface area contributed by atoms with Gasteiger partial charge in [0.15, 0.2) is 12.4 Å². The van der Waals surface area contributed by atoms with Crippen molar-refractivity contribution in [2.45, 2.75) is 0 Å². The number of aromatic nitrogens is 1. The molecule has 1 aliphatic heterocycles. The van der Waals surface area contributed by atoms with E-state index in [2.05, 4.69) is 0 Å². The first kappa shape index (κ1) is 21.3. The van der Waals surface area contributed by atoms with Gasteiger partial charge in [0.1, 0.15) is 16.6 Å². The third-order valence-electron chi connectivity index (χ3n) is 5.27. The zero-order valence-electron chi connectivity index (χ0n) is 17.1. The zero-order valence-corrected chi connectivity index (χ0v) is 18.7. The van der Waals surface area contributed by atoms with E-state index in [1.54, 1.807) is 12.1 Å². The first-order valence-electron chi connectivity index (χ1n) is 10.1. The third-order valence-corrected chi connectivity index (χ3v) is 6.48. The van der Waals surface area contributed by atoms with Crippen LogP contribution in [0.15, 0.2) is 72.1 Å². The number of hydrogen-bond acceptors (Lipinski definition) is 5. The predicted octanol–water partition coefficient (Wildman–Crippen LogP) is 5.88. The van der Waals surface area contributed by atoms with Crippen molar-refractivity contribution in [1.82, 2.24) is 4.98 Å². The molecule has 4 aromatic rings. The maximum Gasteiger partial charge on any atom is 0.265 e. The molecule has 0 unspecified atom stereocenters. The number of Topliss-reactive ketones (excluding diaryl/α,β-unsaturated/α-hetero) is 1. The number of halogens is 2. The molecule has 0 atom stereocenters. The van der Waals surface area contributed by atoms with Crippen molar-refractivity contribution in [3.63, 3.8) is 0 Å². The number of benzene rings is 3. The molecule has 0 aliphatic carbocycles.